The highest BCUT2D eigenvalue weighted by molar-refractivity contribution is 7.11. The van der Waals surface area contributed by atoms with Gasteiger partial charge in [0.05, 0.1) is 29.3 Å². The SMILES string of the molecule is COC(=O)c1cc(NCc2nc(C)sc2C)ccc1[N+](=O)[O-]. The normalized spacial score (nSPS) is 10.3. The molecule has 7 nitrogen and oxygen atoms in total. The van der Waals surface area contributed by atoms with Crippen LogP contribution in [0.15, 0.2) is 18.2 Å². The number of benzene rings is 1. The molecule has 22 heavy (non-hydrogen) atoms. The molecule has 1 aromatic carbocycles. The van der Waals surface area contributed by atoms with Gasteiger partial charge < -0.3 is 10.1 Å². The second-order valence-electron chi connectivity index (χ2n) is 4.57. The van der Waals surface area contributed by atoms with Crippen molar-refractivity contribution in [3.05, 3.63) is 49.5 Å². The average Bonchev–Trinajstić information content (AvgIpc) is 2.81. The summed E-state index contributed by atoms with van der Waals surface area (Å²) < 4.78 is 4.59. The largest absolute Gasteiger partial charge is 0.465 e. The average molecular weight is 321 g/mol. The maximum absolute atomic E-state index is 11.7. The number of methoxy groups -OCH3 is 1. The number of thiazole rings is 1. The van der Waals surface area contributed by atoms with E-state index in [9.17, 15) is 14.9 Å². The molecule has 0 bridgehead atoms. The molecule has 0 aliphatic heterocycles. The van der Waals surface area contributed by atoms with Crippen LogP contribution in [0.2, 0.25) is 0 Å². The minimum Gasteiger partial charge on any atom is -0.465 e. The lowest BCUT2D eigenvalue weighted by molar-refractivity contribution is -0.385. The van der Waals surface area contributed by atoms with Gasteiger partial charge in [0.25, 0.3) is 5.69 Å². The fourth-order valence-electron chi connectivity index (χ4n) is 2.00. The van der Waals surface area contributed by atoms with Crippen LogP contribution in [-0.4, -0.2) is 23.0 Å². The van der Waals surface area contributed by atoms with Crippen molar-refractivity contribution >= 4 is 28.7 Å². The topological polar surface area (TPSA) is 94.4 Å². The number of nitrogens with one attached hydrogen (secondary N) is 1. The number of nitro groups is 1. The Bertz CT molecular complexity index is 727. The van der Waals surface area contributed by atoms with Crippen LogP contribution >= 0.6 is 11.3 Å². The van der Waals surface area contributed by atoms with Crippen molar-refractivity contribution < 1.29 is 14.5 Å². The lowest BCUT2D eigenvalue weighted by Crippen LogP contribution is -2.08. The number of anilines is 1. The highest BCUT2D eigenvalue weighted by Gasteiger charge is 2.21. The minimum atomic E-state index is -0.740. The standard InChI is InChI=1S/C14H15N3O4S/c1-8-12(16-9(2)22-8)7-15-10-4-5-13(17(19)20)11(6-10)14(18)21-3/h4-6,15H,7H2,1-3H3. The zero-order valence-corrected chi connectivity index (χ0v) is 13.2. The van der Waals surface area contributed by atoms with Gasteiger partial charge in [-0.25, -0.2) is 9.78 Å². The van der Waals surface area contributed by atoms with E-state index in [4.69, 9.17) is 0 Å². The molecule has 0 saturated heterocycles. The Morgan fingerprint density at radius 3 is 2.73 bits per heavy atom. The molecule has 0 amide bonds. The van der Waals surface area contributed by atoms with Crippen molar-refractivity contribution in [1.82, 2.24) is 4.98 Å². The molecule has 2 rings (SSSR count). The van der Waals surface area contributed by atoms with E-state index in [1.54, 1.807) is 17.4 Å². The molecule has 1 N–H and O–H groups in total. The molecule has 0 saturated carbocycles. The Kier molecular flexibility index (Phi) is 4.71. The van der Waals surface area contributed by atoms with Crippen LogP contribution in [0.3, 0.4) is 0 Å². The van der Waals surface area contributed by atoms with Gasteiger partial charge in [-0.15, -0.1) is 11.3 Å². The zero-order chi connectivity index (χ0) is 16.3. The van der Waals surface area contributed by atoms with Gasteiger partial charge in [0.1, 0.15) is 5.56 Å². The lowest BCUT2D eigenvalue weighted by atomic mass is 10.1. The van der Waals surface area contributed by atoms with Gasteiger partial charge in [0.15, 0.2) is 0 Å². The van der Waals surface area contributed by atoms with E-state index >= 15 is 0 Å². The summed E-state index contributed by atoms with van der Waals surface area (Å²) in [6.07, 6.45) is 0. The summed E-state index contributed by atoms with van der Waals surface area (Å²) in [5.74, 6) is -0.740. The molecule has 8 heteroatoms. The Balaban J connectivity index is 2.23. The molecule has 1 aromatic heterocycles. The van der Waals surface area contributed by atoms with Gasteiger partial charge in [-0.2, -0.15) is 0 Å². The highest BCUT2D eigenvalue weighted by atomic mass is 32.1. The number of aromatic nitrogens is 1. The van der Waals surface area contributed by atoms with Crippen LogP contribution in [-0.2, 0) is 11.3 Å². The third-order valence-corrected chi connectivity index (χ3v) is 3.99. The van der Waals surface area contributed by atoms with Crippen LogP contribution in [0.1, 0.15) is 25.9 Å². The molecule has 2 aromatic rings. The molecule has 0 spiro atoms. The number of ether oxygens (including phenoxy) is 1. The van der Waals surface area contributed by atoms with Crippen LogP contribution in [0, 0.1) is 24.0 Å². The Morgan fingerprint density at radius 1 is 1.45 bits per heavy atom. The van der Waals surface area contributed by atoms with Crippen molar-refractivity contribution in [3.8, 4) is 0 Å². The maximum atomic E-state index is 11.7. The van der Waals surface area contributed by atoms with E-state index in [1.807, 2.05) is 13.8 Å². The van der Waals surface area contributed by atoms with Gasteiger partial charge in [0.2, 0.25) is 0 Å². The van der Waals surface area contributed by atoms with E-state index in [0.717, 1.165) is 15.6 Å². The molecule has 0 unspecified atom stereocenters. The fraction of sp³-hybridized carbons (Fsp3) is 0.286. The summed E-state index contributed by atoms with van der Waals surface area (Å²) in [6.45, 7) is 4.40. The summed E-state index contributed by atoms with van der Waals surface area (Å²) in [5.41, 5.74) is 1.15. The van der Waals surface area contributed by atoms with Crippen molar-refractivity contribution in [1.29, 1.82) is 0 Å². The second-order valence-corrected chi connectivity index (χ2v) is 5.98. The lowest BCUT2D eigenvalue weighted by Gasteiger charge is -2.07. The zero-order valence-electron chi connectivity index (χ0n) is 12.4. The predicted octanol–water partition coefficient (Wildman–Crippen LogP) is 3.07. The van der Waals surface area contributed by atoms with E-state index in [0.29, 0.717) is 12.2 Å². The first-order chi connectivity index (χ1) is 10.4. The molecule has 116 valence electrons. The smallest absolute Gasteiger partial charge is 0.344 e. The quantitative estimate of drug-likeness (QED) is 0.516. The summed E-state index contributed by atoms with van der Waals surface area (Å²) in [4.78, 5) is 27.5. The summed E-state index contributed by atoms with van der Waals surface area (Å²) in [7, 11) is 1.19. The summed E-state index contributed by atoms with van der Waals surface area (Å²) in [5, 5.41) is 15.0. The minimum absolute atomic E-state index is 0.0799. The van der Waals surface area contributed by atoms with Crippen molar-refractivity contribution in [3.63, 3.8) is 0 Å². The number of esters is 1. The molecule has 0 aliphatic rings. The number of carbonyl (C=O) groups is 1. The van der Waals surface area contributed by atoms with Crippen LogP contribution < -0.4 is 5.32 Å². The van der Waals surface area contributed by atoms with E-state index in [-0.39, 0.29) is 11.3 Å². The van der Waals surface area contributed by atoms with E-state index < -0.39 is 10.9 Å². The molecule has 0 fully saturated rings. The van der Waals surface area contributed by atoms with Crippen LogP contribution in [0.4, 0.5) is 11.4 Å². The predicted molar refractivity (Wildman–Crippen MR) is 83.4 cm³/mol. The molecular weight excluding hydrogens is 306 g/mol. The number of hydrogen-bond donors (Lipinski definition) is 1. The number of hydrogen-bond acceptors (Lipinski definition) is 7. The maximum Gasteiger partial charge on any atom is 0.344 e. The molecular formula is C14H15N3O4S. The third kappa shape index (κ3) is 3.40. The fourth-order valence-corrected chi connectivity index (χ4v) is 2.84. The van der Waals surface area contributed by atoms with Crippen molar-refractivity contribution in [2.45, 2.75) is 20.4 Å². The molecule has 0 aliphatic carbocycles. The Labute approximate surface area is 131 Å². The number of aryl methyl sites for hydroxylation is 2. The molecule has 1 heterocycles. The molecule has 0 atom stereocenters. The van der Waals surface area contributed by atoms with Gasteiger partial charge >= 0.3 is 5.97 Å². The third-order valence-electron chi connectivity index (χ3n) is 3.06. The summed E-state index contributed by atoms with van der Waals surface area (Å²) >= 11 is 1.61. The van der Waals surface area contributed by atoms with Crippen molar-refractivity contribution in [2.75, 3.05) is 12.4 Å². The summed E-state index contributed by atoms with van der Waals surface area (Å²) in [6, 6.07) is 4.26. The van der Waals surface area contributed by atoms with Gasteiger partial charge in [0, 0.05) is 16.6 Å². The second kappa shape index (κ2) is 6.52. The van der Waals surface area contributed by atoms with Gasteiger partial charge in [-0.3, -0.25) is 10.1 Å². The number of nitrogens with zero attached hydrogens (tertiary/aromatic N) is 2. The van der Waals surface area contributed by atoms with E-state index in [1.165, 1.54) is 19.2 Å². The van der Waals surface area contributed by atoms with Gasteiger partial charge in [-0.05, 0) is 26.0 Å². The monoisotopic (exact) mass is 321 g/mol. The number of rotatable bonds is 5. The number of carbonyl (C=O) groups excluding carboxylic acids is 1. The Morgan fingerprint density at radius 2 is 2.18 bits per heavy atom. The van der Waals surface area contributed by atoms with E-state index in [2.05, 4.69) is 15.0 Å². The van der Waals surface area contributed by atoms with Crippen LogP contribution in [0.25, 0.3) is 0 Å². The first-order valence-electron chi connectivity index (χ1n) is 6.46. The highest BCUT2D eigenvalue weighted by Crippen LogP contribution is 2.24. The van der Waals surface area contributed by atoms with Crippen molar-refractivity contribution in [2.24, 2.45) is 0 Å². The first kappa shape index (κ1) is 15.9. The molecule has 0 radical (unpaired) electrons. The van der Waals surface area contributed by atoms with Gasteiger partial charge in [-0.1, -0.05) is 0 Å². The Hall–Kier alpha value is -2.48. The number of nitro benzene ring substituents is 1. The first-order valence-corrected chi connectivity index (χ1v) is 7.27. The van der Waals surface area contributed by atoms with Crippen LogP contribution in [0.5, 0.6) is 0 Å².